The SMILES string of the molecule is Cc1cccc(OCC(=O)Nc2nnc(-c3ccsc3)o2)c1. The summed E-state index contributed by atoms with van der Waals surface area (Å²) in [6.07, 6.45) is 0. The number of nitrogens with one attached hydrogen (secondary N) is 1. The third kappa shape index (κ3) is 3.50. The predicted molar refractivity (Wildman–Crippen MR) is 82.9 cm³/mol. The van der Waals surface area contributed by atoms with E-state index in [2.05, 4.69) is 15.5 Å². The second-order valence-electron chi connectivity index (χ2n) is 4.58. The summed E-state index contributed by atoms with van der Waals surface area (Å²) in [5.41, 5.74) is 1.89. The van der Waals surface area contributed by atoms with Crippen molar-refractivity contribution in [3.05, 3.63) is 46.7 Å². The first-order chi connectivity index (χ1) is 10.7. The number of aryl methyl sites for hydroxylation is 1. The number of carbonyl (C=O) groups excluding carboxylic acids is 1. The van der Waals surface area contributed by atoms with Crippen LogP contribution in [-0.4, -0.2) is 22.7 Å². The van der Waals surface area contributed by atoms with Gasteiger partial charge in [0, 0.05) is 10.9 Å². The second kappa shape index (κ2) is 6.40. The number of rotatable bonds is 5. The Hall–Kier alpha value is -2.67. The second-order valence-corrected chi connectivity index (χ2v) is 5.36. The van der Waals surface area contributed by atoms with Gasteiger partial charge in [0.15, 0.2) is 6.61 Å². The van der Waals surface area contributed by atoms with E-state index in [1.165, 1.54) is 11.3 Å². The smallest absolute Gasteiger partial charge is 0.322 e. The van der Waals surface area contributed by atoms with Gasteiger partial charge in [-0.15, -0.1) is 5.10 Å². The van der Waals surface area contributed by atoms with Gasteiger partial charge in [-0.1, -0.05) is 17.2 Å². The molecular weight excluding hydrogens is 302 g/mol. The first-order valence-electron chi connectivity index (χ1n) is 6.56. The fraction of sp³-hybridized carbons (Fsp3) is 0.133. The molecule has 1 aromatic carbocycles. The van der Waals surface area contributed by atoms with Gasteiger partial charge in [-0.3, -0.25) is 10.1 Å². The third-order valence-electron chi connectivity index (χ3n) is 2.80. The van der Waals surface area contributed by atoms with Crippen molar-refractivity contribution >= 4 is 23.3 Å². The van der Waals surface area contributed by atoms with Gasteiger partial charge in [0.25, 0.3) is 11.8 Å². The fourth-order valence-electron chi connectivity index (χ4n) is 1.79. The Balaban J connectivity index is 1.56. The quantitative estimate of drug-likeness (QED) is 0.782. The summed E-state index contributed by atoms with van der Waals surface area (Å²) in [6, 6.07) is 9.39. The lowest BCUT2D eigenvalue weighted by Gasteiger charge is -2.05. The van der Waals surface area contributed by atoms with Crippen molar-refractivity contribution in [2.45, 2.75) is 6.92 Å². The van der Waals surface area contributed by atoms with Crippen molar-refractivity contribution < 1.29 is 13.9 Å². The Labute approximate surface area is 130 Å². The highest BCUT2D eigenvalue weighted by Gasteiger charge is 2.12. The number of thiophene rings is 1. The van der Waals surface area contributed by atoms with Crippen molar-refractivity contribution in [2.24, 2.45) is 0 Å². The van der Waals surface area contributed by atoms with Crippen LogP contribution in [0.3, 0.4) is 0 Å². The van der Waals surface area contributed by atoms with Gasteiger partial charge in [-0.05, 0) is 36.1 Å². The van der Waals surface area contributed by atoms with Crippen LogP contribution < -0.4 is 10.1 Å². The monoisotopic (exact) mass is 315 g/mol. The molecule has 0 fully saturated rings. The zero-order chi connectivity index (χ0) is 15.4. The average Bonchev–Trinajstić information content (AvgIpc) is 3.16. The van der Waals surface area contributed by atoms with Crippen molar-refractivity contribution in [3.63, 3.8) is 0 Å². The zero-order valence-electron chi connectivity index (χ0n) is 11.8. The minimum absolute atomic E-state index is 0.0547. The highest BCUT2D eigenvalue weighted by atomic mass is 32.1. The number of ether oxygens (including phenoxy) is 1. The largest absolute Gasteiger partial charge is 0.484 e. The minimum Gasteiger partial charge on any atom is -0.484 e. The molecule has 0 spiro atoms. The Morgan fingerprint density at radius 3 is 3.05 bits per heavy atom. The zero-order valence-corrected chi connectivity index (χ0v) is 12.6. The highest BCUT2D eigenvalue weighted by molar-refractivity contribution is 7.08. The van der Waals surface area contributed by atoms with Crippen molar-refractivity contribution in [1.82, 2.24) is 10.2 Å². The summed E-state index contributed by atoms with van der Waals surface area (Å²) in [4.78, 5) is 11.8. The van der Waals surface area contributed by atoms with E-state index in [4.69, 9.17) is 9.15 Å². The fourth-order valence-corrected chi connectivity index (χ4v) is 2.42. The van der Waals surface area contributed by atoms with E-state index in [-0.39, 0.29) is 18.5 Å². The molecule has 3 aromatic rings. The van der Waals surface area contributed by atoms with E-state index < -0.39 is 0 Å². The van der Waals surface area contributed by atoms with Gasteiger partial charge in [-0.25, -0.2) is 0 Å². The molecule has 0 aliphatic heterocycles. The van der Waals surface area contributed by atoms with Crippen LogP contribution in [0.2, 0.25) is 0 Å². The molecule has 0 bridgehead atoms. The molecule has 1 amide bonds. The van der Waals surface area contributed by atoms with Gasteiger partial charge < -0.3 is 9.15 Å². The lowest BCUT2D eigenvalue weighted by Crippen LogP contribution is -2.20. The van der Waals surface area contributed by atoms with E-state index in [0.717, 1.165) is 11.1 Å². The molecule has 112 valence electrons. The van der Waals surface area contributed by atoms with Crippen molar-refractivity contribution in [1.29, 1.82) is 0 Å². The molecule has 0 atom stereocenters. The van der Waals surface area contributed by atoms with Crippen LogP contribution in [-0.2, 0) is 4.79 Å². The van der Waals surface area contributed by atoms with E-state index in [1.807, 2.05) is 41.9 Å². The molecule has 6 nitrogen and oxygen atoms in total. The van der Waals surface area contributed by atoms with Crippen LogP contribution in [0, 0.1) is 6.92 Å². The minimum atomic E-state index is -0.359. The van der Waals surface area contributed by atoms with Gasteiger partial charge in [0.05, 0.1) is 0 Å². The van der Waals surface area contributed by atoms with Gasteiger partial charge in [0.2, 0.25) is 0 Å². The molecule has 0 saturated heterocycles. The normalized spacial score (nSPS) is 10.4. The summed E-state index contributed by atoms with van der Waals surface area (Å²) in [6.45, 7) is 1.83. The number of carbonyl (C=O) groups is 1. The number of hydrogen-bond acceptors (Lipinski definition) is 6. The maximum absolute atomic E-state index is 11.8. The van der Waals surface area contributed by atoms with Gasteiger partial charge in [-0.2, -0.15) is 11.3 Å². The number of benzene rings is 1. The van der Waals surface area contributed by atoms with Crippen molar-refractivity contribution in [3.8, 4) is 17.2 Å². The maximum Gasteiger partial charge on any atom is 0.322 e. The molecule has 1 N–H and O–H groups in total. The number of anilines is 1. The number of amides is 1. The molecule has 7 heteroatoms. The van der Waals surface area contributed by atoms with Crippen LogP contribution in [0.25, 0.3) is 11.5 Å². The van der Waals surface area contributed by atoms with E-state index in [0.29, 0.717) is 11.6 Å². The lowest BCUT2D eigenvalue weighted by atomic mass is 10.2. The predicted octanol–water partition coefficient (Wildman–Crippen LogP) is 3.12. The lowest BCUT2D eigenvalue weighted by molar-refractivity contribution is -0.118. The number of nitrogens with zero attached hydrogens (tertiary/aromatic N) is 2. The van der Waals surface area contributed by atoms with Crippen LogP contribution >= 0.6 is 11.3 Å². The Bertz CT molecular complexity index is 768. The molecule has 0 aliphatic rings. The molecule has 3 rings (SSSR count). The Kier molecular flexibility index (Phi) is 4.15. The van der Waals surface area contributed by atoms with Crippen LogP contribution in [0.1, 0.15) is 5.56 Å². The first kappa shape index (κ1) is 14.3. The van der Waals surface area contributed by atoms with Crippen LogP contribution in [0.5, 0.6) is 5.75 Å². The molecule has 22 heavy (non-hydrogen) atoms. The summed E-state index contributed by atoms with van der Waals surface area (Å²) < 4.78 is 10.8. The van der Waals surface area contributed by atoms with E-state index >= 15 is 0 Å². The summed E-state index contributed by atoms with van der Waals surface area (Å²) >= 11 is 1.53. The Morgan fingerprint density at radius 2 is 2.27 bits per heavy atom. The van der Waals surface area contributed by atoms with Crippen LogP contribution in [0.15, 0.2) is 45.5 Å². The third-order valence-corrected chi connectivity index (χ3v) is 3.48. The summed E-state index contributed by atoms with van der Waals surface area (Å²) in [7, 11) is 0. The number of hydrogen-bond donors (Lipinski definition) is 1. The Morgan fingerprint density at radius 1 is 1.36 bits per heavy atom. The van der Waals surface area contributed by atoms with E-state index in [9.17, 15) is 4.79 Å². The molecule has 0 aliphatic carbocycles. The molecule has 2 aromatic heterocycles. The molecule has 0 unspecified atom stereocenters. The topological polar surface area (TPSA) is 77.2 Å². The highest BCUT2D eigenvalue weighted by Crippen LogP contribution is 2.22. The van der Waals surface area contributed by atoms with Crippen LogP contribution in [0.4, 0.5) is 6.01 Å². The molecular formula is C15H13N3O3S. The summed E-state index contributed by atoms with van der Waals surface area (Å²) in [5.74, 6) is 0.651. The van der Waals surface area contributed by atoms with Gasteiger partial charge >= 0.3 is 6.01 Å². The maximum atomic E-state index is 11.8. The first-order valence-corrected chi connectivity index (χ1v) is 7.50. The molecule has 2 heterocycles. The van der Waals surface area contributed by atoms with E-state index in [1.54, 1.807) is 6.07 Å². The molecule has 0 radical (unpaired) electrons. The number of aromatic nitrogens is 2. The standard InChI is InChI=1S/C15H13N3O3S/c1-10-3-2-4-12(7-10)20-8-13(19)16-15-18-17-14(21-15)11-5-6-22-9-11/h2-7,9H,8H2,1H3,(H,16,18,19). The average molecular weight is 315 g/mol. The molecule has 0 saturated carbocycles. The van der Waals surface area contributed by atoms with Gasteiger partial charge in [0.1, 0.15) is 5.75 Å². The van der Waals surface area contributed by atoms with Crippen molar-refractivity contribution in [2.75, 3.05) is 11.9 Å². The summed E-state index contributed by atoms with van der Waals surface area (Å²) in [5, 5.41) is 14.0.